The summed E-state index contributed by atoms with van der Waals surface area (Å²) in [5.41, 5.74) is 0. The third-order valence-electron chi connectivity index (χ3n) is 0. The maximum absolute atomic E-state index is 4.06. The van der Waals surface area contributed by atoms with Crippen LogP contribution in [0.15, 0.2) is 0 Å². The third-order valence-corrected chi connectivity index (χ3v) is 0. The van der Waals surface area contributed by atoms with Gasteiger partial charge in [0.2, 0.25) is 0 Å². The molecule has 0 aliphatic carbocycles. The molecule has 0 heterocycles. The summed E-state index contributed by atoms with van der Waals surface area (Å²) >= 11 is 6.25. The summed E-state index contributed by atoms with van der Waals surface area (Å²) in [5.74, 6) is 0. The van der Waals surface area contributed by atoms with Crippen LogP contribution in [0.25, 0.3) is 0 Å². The first-order valence-corrected chi connectivity index (χ1v) is 2.64. The fraction of sp³-hybridized carbons (Fsp3) is 0. The van der Waals surface area contributed by atoms with Crippen LogP contribution in [-0.2, 0) is 13.7 Å². The Balaban J connectivity index is -0.00000000500. The summed E-state index contributed by atoms with van der Waals surface area (Å²) < 4.78 is 0. The predicted molar refractivity (Wildman–Crippen MR) is 25.6 cm³/mol. The average molecular weight is 245 g/mol. The van der Waals surface area contributed by atoms with Crippen LogP contribution < -0.4 is 0 Å². The third kappa shape index (κ3) is 8.88. The van der Waals surface area contributed by atoms with E-state index in [1.54, 1.807) is 0 Å². The van der Waals surface area contributed by atoms with E-state index in [0.29, 0.717) is 0 Å². The van der Waals surface area contributed by atoms with E-state index in [9.17, 15) is 0 Å². The molecular weight excluding hydrogens is 239 g/mol. The Morgan fingerprint density at radius 3 is 1.25 bits per heavy atom. The van der Waals surface area contributed by atoms with E-state index in [4.69, 9.17) is 0 Å². The van der Waals surface area contributed by atoms with Gasteiger partial charge in [0, 0.05) is 0 Å². The van der Waals surface area contributed by atoms with Gasteiger partial charge in [0.1, 0.15) is 0 Å². The Labute approximate surface area is 63.8 Å². The standard InChI is InChI=1S/Al.Cu.Ga.Se.6H. The van der Waals surface area contributed by atoms with Gasteiger partial charge in [-0.3, -0.25) is 0 Å². The van der Waals surface area contributed by atoms with Crippen molar-refractivity contribution in [3.8, 4) is 0 Å². The summed E-state index contributed by atoms with van der Waals surface area (Å²) in [5, 5.41) is 0. The van der Waals surface area contributed by atoms with Crippen molar-refractivity contribution >= 4 is 50.8 Å². The van der Waals surface area contributed by atoms with Crippen LogP contribution in [0.3, 0.4) is 0 Å². The molecule has 0 amide bonds. The van der Waals surface area contributed by atoms with Gasteiger partial charge in [-0.15, -0.1) is 0 Å². The van der Waals surface area contributed by atoms with Crippen LogP contribution in [0.5, 0.6) is 0 Å². The second-order valence-electron chi connectivity index (χ2n) is 0. The predicted octanol–water partition coefficient (Wildman–Crippen LogP) is -2.75. The topological polar surface area (TPSA) is 0 Å². The van der Waals surface area contributed by atoms with Gasteiger partial charge in [-0.2, -0.15) is 0 Å². The van der Waals surface area contributed by atoms with Crippen molar-refractivity contribution in [1.82, 2.24) is 0 Å². The van der Waals surface area contributed by atoms with Crippen molar-refractivity contribution < 1.29 is 13.7 Å². The molecule has 0 nitrogen and oxygen atoms in total. The molecule has 0 aliphatic rings. The van der Waals surface area contributed by atoms with Crippen LogP contribution >= 0.6 is 0 Å². The molecule has 0 atom stereocenters. The summed E-state index contributed by atoms with van der Waals surface area (Å²) in [6, 6.07) is 0. The molecule has 0 saturated heterocycles. The molecule has 0 bridgehead atoms. The first kappa shape index (κ1) is 16.4. The van der Waals surface area contributed by atoms with Crippen LogP contribution in [-0.4, -0.2) is 50.8 Å². The van der Waals surface area contributed by atoms with E-state index >= 15 is 0 Å². The Bertz CT molecular complexity index is 8.00. The average Bonchev–Trinajstić information content (AvgIpc) is 1.00. The maximum atomic E-state index is 4.06. The minimum atomic E-state index is 0. The normalized spacial score (nSPS) is 1.50. The van der Waals surface area contributed by atoms with Crippen molar-refractivity contribution in [1.29, 1.82) is 0 Å². The number of hydrogen-bond acceptors (Lipinski definition) is 0. The molecule has 0 aromatic carbocycles. The zero-order chi connectivity index (χ0) is 2.00. The molecule has 0 fully saturated rings. The second-order valence-corrected chi connectivity index (χ2v) is 0. The van der Waals surface area contributed by atoms with E-state index < -0.39 is 0 Å². The van der Waals surface area contributed by atoms with Crippen LogP contribution in [0.2, 0.25) is 0 Å². The first-order chi connectivity index (χ1) is 1.00. The summed E-state index contributed by atoms with van der Waals surface area (Å²) in [7, 11) is 0. The zero-order valence-electron chi connectivity index (χ0n) is 0.710. The van der Waals surface area contributed by atoms with Crippen LogP contribution in [0, 0.1) is 0 Å². The molecule has 4 heavy (non-hydrogen) atoms. The molecule has 0 aromatic heterocycles. The monoisotopic (exact) mass is 245 g/mol. The van der Waals surface area contributed by atoms with Gasteiger partial charge < -0.3 is 0 Å². The van der Waals surface area contributed by atoms with Crippen molar-refractivity contribution in [3.63, 3.8) is 0 Å². The quantitative estimate of drug-likeness (QED) is 0.406. The second kappa shape index (κ2) is 18.9. The van der Waals surface area contributed by atoms with Gasteiger partial charge >= 0.3 is 47.1 Å². The van der Waals surface area contributed by atoms with E-state index in [1.165, 1.54) is 0 Å². The van der Waals surface area contributed by atoms with E-state index in [2.05, 4.69) is 27.3 Å². The molecular formula is H6AlCuGaSe. The van der Waals surface area contributed by atoms with Crippen LogP contribution in [0.1, 0.15) is 0 Å². The van der Waals surface area contributed by atoms with Gasteiger partial charge in [-0.25, -0.2) is 0 Å². The Kier molecular flexibility index (Phi) is 77.4. The van der Waals surface area contributed by atoms with Gasteiger partial charge in [0.05, 0.1) is 0 Å². The molecule has 4 heteroatoms. The first-order valence-electron chi connectivity index (χ1n) is 0.123. The minimum absolute atomic E-state index is 0. The van der Waals surface area contributed by atoms with Crippen molar-refractivity contribution in [2.24, 2.45) is 0 Å². The molecule has 0 spiro atoms. The van der Waals surface area contributed by atoms with Gasteiger partial charge in [0.15, 0.2) is 17.4 Å². The number of rotatable bonds is 0. The molecule has 0 rings (SSSR count). The van der Waals surface area contributed by atoms with Crippen LogP contribution in [0.4, 0.5) is 0 Å². The fourth-order valence-corrected chi connectivity index (χ4v) is 0. The van der Waals surface area contributed by atoms with Crippen molar-refractivity contribution in [3.05, 3.63) is 0 Å². The SMILES string of the molecule is [AlH3].[Cu]=[Se].[GaH3]. The molecule has 0 radical (unpaired) electrons. The van der Waals surface area contributed by atoms with Crippen molar-refractivity contribution in [2.45, 2.75) is 0 Å². The van der Waals surface area contributed by atoms with Gasteiger partial charge in [-0.05, 0) is 0 Å². The molecule has 0 N–H and O–H groups in total. The van der Waals surface area contributed by atoms with E-state index in [-0.39, 0.29) is 37.2 Å². The Hall–Kier alpha value is 2.21. The van der Waals surface area contributed by atoms with Crippen molar-refractivity contribution in [2.75, 3.05) is 0 Å². The molecule has 0 aromatic rings. The fourth-order valence-electron chi connectivity index (χ4n) is 0. The summed E-state index contributed by atoms with van der Waals surface area (Å²) in [4.78, 5) is 0. The number of hydrogen-bond donors (Lipinski definition) is 0. The summed E-state index contributed by atoms with van der Waals surface area (Å²) in [6.07, 6.45) is 0. The molecule has 0 saturated carbocycles. The Morgan fingerprint density at radius 2 is 1.25 bits per heavy atom. The summed E-state index contributed by atoms with van der Waals surface area (Å²) in [6.45, 7) is 0. The zero-order valence-corrected chi connectivity index (χ0v) is 3.36. The molecule has 29 valence electrons. The molecule has 0 aliphatic heterocycles. The van der Waals surface area contributed by atoms with Gasteiger partial charge in [-0.1, -0.05) is 0 Å². The molecule has 0 unspecified atom stereocenters. The Morgan fingerprint density at radius 1 is 1.25 bits per heavy atom. The van der Waals surface area contributed by atoms with E-state index in [0.717, 1.165) is 0 Å². The van der Waals surface area contributed by atoms with E-state index in [1.807, 2.05) is 0 Å². The van der Waals surface area contributed by atoms with Gasteiger partial charge in [0.25, 0.3) is 0 Å².